The van der Waals surface area contributed by atoms with Crippen LogP contribution in [0.2, 0.25) is 10.0 Å². The molecule has 0 bridgehead atoms. The Hall–Kier alpha value is -3.43. The molecule has 0 aliphatic heterocycles. The van der Waals surface area contributed by atoms with Gasteiger partial charge in [0.2, 0.25) is 5.88 Å². The molecule has 0 saturated carbocycles. The minimum atomic E-state index is -4.51. The van der Waals surface area contributed by atoms with Gasteiger partial charge in [0.05, 0.1) is 29.0 Å². The van der Waals surface area contributed by atoms with Gasteiger partial charge in [-0.3, -0.25) is 0 Å². The Morgan fingerprint density at radius 3 is 2.19 bits per heavy atom. The molecule has 36 heavy (non-hydrogen) atoms. The lowest BCUT2D eigenvalue weighted by Gasteiger charge is -2.16. The van der Waals surface area contributed by atoms with Gasteiger partial charge in [-0.1, -0.05) is 41.4 Å². The highest BCUT2D eigenvalue weighted by molar-refractivity contribution is 6.36. The van der Waals surface area contributed by atoms with Gasteiger partial charge in [-0.25, -0.2) is 8.78 Å². The predicted molar refractivity (Wildman–Crippen MR) is 125 cm³/mol. The molecule has 3 aromatic carbocycles. The third-order valence-corrected chi connectivity index (χ3v) is 5.64. The van der Waals surface area contributed by atoms with Crippen LogP contribution in [0.1, 0.15) is 11.1 Å². The first-order valence-electron chi connectivity index (χ1n) is 10.2. The van der Waals surface area contributed by atoms with Crippen LogP contribution in [-0.4, -0.2) is 17.1 Å². The zero-order valence-electron chi connectivity index (χ0n) is 18.3. The molecule has 0 atom stereocenters. The quantitative estimate of drug-likeness (QED) is 0.232. The zero-order valence-corrected chi connectivity index (χ0v) is 19.8. The van der Waals surface area contributed by atoms with Crippen LogP contribution in [0.3, 0.4) is 0 Å². The topological polar surface area (TPSA) is 44.2 Å². The fraction of sp³-hybridized carbons (Fsp3) is 0.120. The van der Waals surface area contributed by atoms with E-state index in [2.05, 4.69) is 9.97 Å². The molecule has 4 rings (SSSR count). The molecule has 4 aromatic rings. The van der Waals surface area contributed by atoms with E-state index in [1.54, 1.807) is 12.1 Å². The van der Waals surface area contributed by atoms with Crippen molar-refractivity contribution in [2.45, 2.75) is 12.8 Å². The van der Waals surface area contributed by atoms with E-state index in [1.165, 1.54) is 31.4 Å². The van der Waals surface area contributed by atoms with Gasteiger partial charge in [0, 0.05) is 10.6 Å². The van der Waals surface area contributed by atoms with Crippen LogP contribution in [0.25, 0.3) is 22.4 Å². The van der Waals surface area contributed by atoms with Crippen molar-refractivity contribution < 1.29 is 31.4 Å². The van der Waals surface area contributed by atoms with Gasteiger partial charge >= 0.3 is 12.2 Å². The van der Waals surface area contributed by atoms with Crippen molar-refractivity contribution in [3.05, 3.63) is 93.5 Å². The monoisotopic (exact) mass is 540 g/mol. The van der Waals surface area contributed by atoms with E-state index in [4.69, 9.17) is 32.7 Å². The number of halogens is 7. The lowest BCUT2D eigenvalue weighted by atomic mass is 9.99. The molecule has 186 valence electrons. The molecular formula is C25H15Cl2F5N2O2. The van der Waals surface area contributed by atoms with Crippen LogP contribution in [0.15, 0.2) is 60.7 Å². The number of nitrogens with zero attached hydrogens (tertiary/aromatic N) is 2. The molecule has 4 nitrogen and oxygen atoms in total. The Morgan fingerprint density at radius 1 is 0.861 bits per heavy atom. The van der Waals surface area contributed by atoms with Gasteiger partial charge < -0.3 is 9.47 Å². The second-order valence-electron chi connectivity index (χ2n) is 7.48. The number of methoxy groups -OCH3 is 1. The molecule has 0 radical (unpaired) electrons. The molecular weight excluding hydrogens is 526 g/mol. The lowest BCUT2D eigenvalue weighted by Crippen LogP contribution is -2.06. The summed E-state index contributed by atoms with van der Waals surface area (Å²) in [6.07, 6.45) is -4.51. The van der Waals surface area contributed by atoms with Crippen LogP contribution in [-0.2, 0) is 12.8 Å². The van der Waals surface area contributed by atoms with Crippen molar-refractivity contribution >= 4 is 23.2 Å². The van der Waals surface area contributed by atoms with Crippen molar-refractivity contribution in [2.24, 2.45) is 0 Å². The summed E-state index contributed by atoms with van der Waals surface area (Å²) in [6, 6.07) is 12.1. The molecule has 1 aromatic heterocycles. The number of ether oxygens (including phenoxy) is 2. The molecule has 0 fully saturated rings. The predicted octanol–water partition coefficient (Wildman–Crippen LogP) is 8.00. The van der Waals surface area contributed by atoms with Crippen molar-refractivity contribution in [1.29, 1.82) is 0 Å². The Morgan fingerprint density at radius 2 is 1.58 bits per heavy atom. The second-order valence-corrected chi connectivity index (χ2v) is 8.32. The molecule has 0 saturated heterocycles. The number of hydrogen-bond acceptors (Lipinski definition) is 4. The van der Waals surface area contributed by atoms with Crippen LogP contribution in [0, 0.1) is 11.6 Å². The lowest BCUT2D eigenvalue weighted by molar-refractivity contribution is -0.137. The van der Waals surface area contributed by atoms with Gasteiger partial charge in [0.1, 0.15) is 6.61 Å². The summed E-state index contributed by atoms with van der Waals surface area (Å²) in [6.45, 7) is -0.201. The Kier molecular flexibility index (Phi) is 7.33. The van der Waals surface area contributed by atoms with E-state index in [0.717, 1.165) is 24.3 Å². The van der Waals surface area contributed by atoms with E-state index >= 15 is 0 Å². The fourth-order valence-corrected chi connectivity index (χ4v) is 3.87. The van der Waals surface area contributed by atoms with Gasteiger partial charge in [0.25, 0.3) is 0 Å². The van der Waals surface area contributed by atoms with E-state index < -0.39 is 23.4 Å². The van der Waals surface area contributed by atoms with Gasteiger partial charge in [-0.05, 0) is 53.6 Å². The Labute approximate surface area is 212 Å². The first-order valence-corrected chi connectivity index (χ1v) is 11.0. The first kappa shape index (κ1) is 25.7. The summed E-state index contributed by atoms with van der Waals surface area (Å²) >= 11 is 12.4. The largest absolute Gasteiger partial charge is 0.480 e. The molecule has 11 heteroatoms. The highest BCUT2D eigenvalue weighted by Crippen LogP contribution is 2.42. The summed E-state index contributed by atoms with van der Waals surface area (Å²) < 4.78 is 77.1. The fourth-order valence-electron chi connectivity index (χ4n) is 3.37. The Bertz CT molecular complexity index is 1410. The van der Waals surface area contributed by atoms with E-state index in [9.17, 15) is 22.0 Å². The van der Waals surface area contributed by atoms with E-state index in [1.807, 2.05) is 0 Å². The normalized spacial score (nSPS) is 11.4. The third kappa shape index (κ3) is 5.52. The maximum absolute atomic E-state index is 13.6. The molecule has 0 unspecified atom stereocenters. The van der Waals surface area contributed by atoms with Crippen LogP contribution in [0.4, 0.5) is 22.0 Å². The summed E-state index contributed by atoms with van der Waals surface area (Å²) in [5, 5.41) is 0.568. The van der Waals surface area contributed by atoms with Gasteiger partial charge in [-0.15, -0.1) is 0 Å². The molecule has 0 aliphatic rings. The van der Waals surface area contributed by atoms with Gasteiger partial charge in [-0.2, -0.15) is 23.1 Å². The summed E-state index contributed by atoms with van der Waals surface area (Å²) in [5.74, 6) is -2.05. The summed E-state index contributed by atoms with van der Waals surface area (Å²) in [7, 11) is 1.32. The highest BCUT2D eigenvalue weighted by Gasteiger charge is 2.30. The van der Waals surface area contributed by atoms with Crippen LogP contribution in [0.5, 0.6) is 11.9 Å². The van der Waals surface area contributed by atoms with Crippen molar-refractivity contribution in [1.82, 2.24) is 9.97 Å². The third-order valence-electron chi connectivity index (χ3n) is 5.09. The number of rotatable bonds is 6. The minimum Gasteiger partial charge on any atom is -0.480 e. The maximum atomic E-state index is 13.6. The standard InChI is InChI=1S/C25H15Cl2F5N2O2/c1-35-23-21(14-3-5-15(6-4-14)25(30,31)32)22(17-8-7-16(26)11-18(17)27)33-24(34-23)36-12-13-2-9-19(28)20(29)10-13/h2-11H,12H2,1H3. The summed E-state index contributed by atoms with van der Waals surface area (Å²) in [4.78, 5) is 8.63. The van der Waals surface area contributed by atoms with Crippen molar-refractivity contribution in [3.8, 4) is 34.3 Å². The van der Waals surface area contributed by atoms with E-state index in [-0.39, 0.29) is 34.8 Å². The maximum Gasteiger partial charge on any atom is 0.416 e. The highest BCUT2D eigenvalue weighted by atomic mass is 35.5. The summed E-state index contributed by atoms with van der Waals surface area (Å²) in [5.41, 5.74) is 0.652. The average Bonchev–Trinajstić information content (AvgIpc) is 2.83. The number of alkyl halides is 3. The van der Waals surface area contributed by atoms with Crippen molar-refractivity contribution in [3.63, 3.8) is 0 Å². The molecule has 0 N–H and O–H groups in total. The number of benzene rings is 3. The number of hydrogen-bond donors (Lipinski definition) is 0. The zero-order chi connectivity index (χ0) is 26.0. The average molecular weight is 541 g/mol. The van der Waals surface area contributed by atoms with Crippen molar-refractivity contribution in [2.75, 3.05) is 7.11 Å². The van der Waals surface area contributed by atoms with Crippen LogP contribution < -0.4 is 9.47 Å². The molecule has 0 amide bonds. The smallest absolute Gasteiger partial charge is 0.416 e. The number of aromatic nitrogens is 2. The molecule has 1 heterocycles. The first-order chi connectivity index (χ1) is 17.1. The molecule has 0 aliphatic carbocycles. The minimum absolute atomic E-state index is 0.00828. The Balaban J connectivity index is 1.82. The van der Waals surface area contributed by atoms with Gasteiger partial charge in [0.15, 0.2) is 11.6 Å². The molecule has 0 spiro atoms. The SMILES string of the molecule is COc1nc(OCc2ccc(F)c(F)c2)nc(-c2ccc(Cl)cc2Cl)c1-c1ccc(C(F)(F)F)cc1. The second kappa shape index (κ2) is 10.3. The van der Waals surface area contributed by atoms with Crippen LogP contribution >= 0.6 is 23.2 Å². The van der Waals surface area contributed by atoms with E-state index in [0.29, 0.717) is 21.7 Å².